The van der Waals surface area contributed by atoms with E-state index in [1.807, 2.05) is 24.3 Å². The van der Waals surface area contributed by atoms with Crippen molar-refractivity contribution < 1.29 is 18.7 Å². The van der Waals surface area contributed by atoms with Crippen LogP contribution in [0.5, 0.6) is 5.75 Å². The third kappa shape index (κ3) is 6.09. The summed E-state index contributed by atoms with van der Waals surface area (Å²) >= 11 is 6.07. The maximum atomic E-state index is 13.8. The van der Waals surface area contributed by atoms with Gasteiger partial charge in [0.15, 0.2) is 0 Å². The Kier molecular flexibility index (Phi) is 8.40. The molecule has 0 saturated heterocycles. The van der Waals surface area contributed by atoms with Crippen molar-refractivity contribution in [3.05, 3.63) is 88.2 Å². The number of nitrogens with one attached hydrogen (secondary N) is 1. The number of carbonyl (C=O) groups excluding carboxylic acids is 2. The Hall–Kier alpha value is -3.91. The highest BCUT2D eigenvalue weighted by molar-refractivity contribution is 6.34. The van der Waals surface area contributed by atoms with Gasteiger partial charge in [-0.05, 0) is 67.3 Å². The summed E-state index contributed by atoms with van der Waals surface area (Å²) in [7, 11) is 1.45. The van der Waals surface area contributed by atoms with Crippen LogP contribution in [0.2, 0.25) is 5.02 Å². The van der Waals surface area contributed by atoms with Crippen molar-refractivity contribution in [2.45, 2.75) is 32.1 Å². The number of carbonyl (C=O) groups is 2. The third-order valence-corrected chi connectivity index (χ3v) is 6.65. The number of methoxy groups -OCH3 is 1. The number of nitrogens with zero attached hydrogens (tertiary/aromatic N) is 2. The number of para-hydroxylation sites is 1. The fraction of sp³-hybridized carbons (Fsp3) is 0.250. The van der Waals surface area contributed by atoms with Crippen molar-refractivity contribution in [2.24, 2.45) is 10.9 Å². The normalized spacial score (nSPS) is 15.1. The van der Waals surface area contributed by atoms with Gasteiger partial charge < -0.3 is 20.8 Å². The zero-order chi connectivity index (χ0) is 26.4. The monoisotopic (exact) mass is 522 g/mol. The molecule has 2 amide bonds. The molecule has 0 fully saturated rings. The largest absolute Gasteiger partial charge is 0.495 e. The van der Waals surface area contributed by atoms with Crippen LogP contribution < -0.4 is 20.8 Å². The number of nitrogens with two attached hydrogens (primary N) is 1. The molecule has 1 heterocycles. The molecule has 0 unspecified atom stereocenters. The lowest BCUT2D eigenvalue weighted by molar-refractivity contribution is 0.0985. The van der Waals surface area contributed by atoms with Gasteiger partial charge in [-0.3, -0.25) is 9.59 Å². The molecular formula is C28H28ClFN4O3. The molecule has 37 heavy (non-hydrogen) atoms. The summed E-state index contributed by atoms with van der Waals surface area (Å²) in [4.78, 5) is 28.3. The minimum absolute atomic E-state index is 0.00603. The van der Waals surface area contributed by atoms with Gasteiger partial charge in [-0.25, -0.2) is 4.39 Å². The van der Waals surface area contributed by atoms with E-state index in [1.54, 1.807) is 23.1 Å². The predicted molar refractivity (Wildman–Crippen MR) is 144 cm³/mol. The van der Waals surface area contributed by atoms with Crippen LogP contribution in [0.25, 0.3) is 0 Å². The van der Waals surface area contributed by atoms with E-state index < -0.39 is 11.7 Å². The summed E-state index contributed by atoms with van der Waals surface area (Å²) in [5, 5.41) is 6.78. The third-order valence-electron chi connectivity index (χ3n) is 6.32. The highest BCUT2D eigenvalue weighted by Gasteiger charge is 2.23. The summed E-state index contributed by atoms with van der Waals surface area (Å²) < 4.78 is 19.1. The zero-order valence-electron chi connectivity index (χ0n) is 20.5. The molecule has 3 aromatic rings. The first kappa shape index (κ1) is 26.2. The Morgan fingerprint density at radius 3 is 2.68 bits per heavy atom. The number of hydrazone groups is 1. The number of fused-ring (bicyclic) bond motifs is 1. The van der Waals surface area contributed by atoms with Crippen molar-refractivity contribution in [2.75, 3.05) is 23.9 Å². The van der Waals surface area contributed by atoms with Gasteiger partial charge in [-0.15, -0.1) is 0 Å². The van der Waals surface area contributed by atoms with Crippen molar-refractivity contribution in [1.29, 1.82) is 0 Å². The highest BCUT2D eigenvalue weighted by atomic mass is 35.5. The van der Waals surface area contributed by atoms with Crippen LogP contribution >= 0.6 is 11.6 Å². The van der Waals surface area contributed by atoms with E-state index in [2.05, 4.69) is 10.4 Å². The molecule has 0 saturated carbocycles. The number of amides is 2. The second kappa shape index (κ2) is 11.9. The number of hydrogen-bond donors (Lipinski definition) is 2. The molecule has 0 aromatic heterocycles. The van der Waals surface area contributed by atoms with Gasteiger partial charge in [-0.2, -0.15) is 5.10 Å². The number of benzene rings is 3. The maximum Gasteiger partial charge on any atom is 0.258 e. The van der Waals surface area contributed by atoms with Gasteiger partial charge in [0, 0.05) is 29.9 Å². The van der Waals surface area contributed by atoms with Crippen LogP contribution in [0, 0.1) is 5.82 Å². The molecule has 0 atom stereocenters. The molecule has 3 N–H and O–H groups in total. The van der Waals surface area contributed by atoms with E-state index in [0.29, 0.717) is 30.0 Å². The van der Waals surface area contributed by atoms with E-state index in [4.69, 9.17) is 22.2 Å². The highest BCUT2D eigenvalue weighted by Crippen LogP contribution is 2.30. The summed E-state index contributed by atoms with van der Waals surface area (Å²) in [5.41, 5.74) is 3.42. The lowest BCUT2D eigenvalue weighted by atomic mass is 9.99. The molecule has 1 aliphatic rings. The Balaban J connectivity index is 1.63. The SMILES string of the molecule is COc1cc(C(=O)N2CCCCC/C(=N\N)Cc3ccccc32)ccc1NC(=O)c1cc(F)ccc1Cl. The molecule has 0 aliphatic carbocycles. The maximum absolute atomic E-state index is 13.8. The quantitative estimate of drug-likeness (QED) is 0.333. The summed E-state index contributed by atoms with van der Waals surface area (Å²) in [6.45, 7) is 0.559. The lowest BCUT2D eigenvalue weighted by Gasteiger charge is -2.27. The molecule has 0 spiro atoms. The Labute approximate surface area is 220 Å². The van der Waals surface area contributed by atoms with Gasteiger partial charge in [0.1, 0.15) is 11.6 Å². The van der Waals surface area contributed by atoms with Crippen LogP contribution in [0.15, 0.2) is 65.8 Å². The fourth-order valence-corrected chi connectivity index (χ4v) is 4.60. The van der Waals surface area contributed by atoms with Crippen molar-refractivity contribution in [3.8, 4) is 5.75 Å². The molecule has 7 nitrogen and oxygen atoms in total. The fourth-order valence-electron chi connectivity index (χ4n) is 4.39. The number of halogens is 2. The minimum Gasteiger partial charge on any atom is -0.495 e. The van der Waals surface area contributed by atoms with Crippen LogP contribution in [-0.4, -0.2) is 31.2 Å². The molecule has 1 aliphatic heterocycles. The molecule has 3 aromatic carbocycles. The van der Waals surface area contributed by atoms with Crippen LogP contribution in [-0.2, 0) is 6.42 Å². The molecule has 9 heteroatoms. The van der Waals surface area contributed by atoms with E-state index in [9.17, 15) is 14.0 Å². The minimum atomic E-state index is -0.593. The van der Waals surface area contributed by atoms with E-state index in [-0.39, 0.29) is 16.5 Å². The van der Waals surface area contributed by atoms with Gasteiger partial charge in [0.05, 0.1) is 23.4 Å². The van der Waals surface area contributed by atoms with E-state index in [1.165, 1.54) is 19.2 Å². The van der Waals surface area contributed by atoms with Gasteiger partial charge >= 0.3 is 0 Å². The smallest absolute Gasteiger partial charge is 0.258 e. The topological polar surface area (TPSA) is 97.0 Å². The Bertz CT molecular complexity index is 1340. The molecule has 192 valence electrons. The standard InChI is InChI=1S/C28H28ClFN4O3/c1-37-26-16-19(10-13-24(26)32-27(35)22-17-20(30)11-12-23(22)29)28(36)34-14-6-2-3-8-21(33-31)15-18-7-4-5-9-25(18)34/h4-5,7,9-13,16-17H,2-3,6,8,14-15,31H2,1H3,(H,32,35)/b33-21+. The summed E-state index contributed by atoms with van der Waals surface area (Å²) in [5.74, 6) is 4.56. The first-order valence-corrected chi connectivity index (χ1v) is 12.4. The van der Waals surface area contributed by atoms with E-state index in [0.717, 1.165) is 48.7 Å². The summed E-state index contributed by atoms with van der Waals surface area (Å²) in [6, 6.07) is 16.1. The second-order valence-electron chi connectivity index (χ2n) is 8.76. The molecular weight excluding hydrogens is 495 g/mol. The lowest BCUT2D eigenvalue weighted by Crippen LogP contribution is -2.33. The average molecular weight is 523 g/mol. The molecule has 4 rings (SSSR count). The Morgan fingerprint density at radius 1 is 1.08 bits per heavy atom. The number of hydrogen-bond acceptors (Lipinski definition) is 5. The van der Waals surface area contributed by atoms with Gasteiger partial charge in [0.2, 0.25) is 0 Å². The van der Waals surface area contributed by atoms with Gasteiger partial charge in [0.25, 0.3) is 11.8 Å². The molecule has 0 radical (unpaired) electrons. The predicted octanol–water partition coefficient (Wildman–Crippen LogP) is 5.82. The first-order valence-electron chi connectivity index (χ1n) is 12.0. The van der Waals surface area contributed by atoms with Crippen LogP contribution in [0.3, 0.4) is 0 Å². The number of ether oxygens (including phenoxy) is 1. The van der Waals surface area contributed by atoms with Crippen LogP contribution in [0.1, 0.15) is 52.0 Å². The second-order valence-corrected chi connectivity index (χ2v) is 9.17. The zero-order valence-corrected chi connectivity index (χ0v) is 21.2. The van der Waals surface area contributed by atoms with Crippen molar-refractivity contribution in [3.63, 3.8) is 0 Å². The first-order chi connectivity index (χ1) is 17.9. The van der Waals surface area contributed by atoms with Crippen molar-refractivity contribution >= 4 is 40.5 Å². The number of rotatable bonds is 4. The van der Waals surface area contributed by atoms with E-state index >= 15 is 0 Å². The van der Waals surface area contributed by atoms with Crippen LogP contribution in [0.4, 0.5) is 15.8 Å². The van der Waals surface area contributed by atoms with Crippen molar-refractivity contribution in [1.82, 2.24) is 0 Å². The Morgan fingerprint density at radius 2 is 1.89 bits per heavy atom. The summed E-state index contributed by atoms with van der Waals surface area (Å²) in [6.07, 6.45) is 4.15. The molecule has 0 bridgehead atoms. The van der Waals surface area contributed by atoms with Gasteiger partial charge in [-0.1, -0.05) is 36.2 Å². The number of anilines is 2. The average Bonchev–Trinajstić information content (AvgIpc) is 2.91.